The van der Waals surface area contributed by atoms with Gasteiger partial charge in [-0.1, -0.05) is 65.8 Å². The third-order valence-corrected chi connectivity index (χ3v) is 7.54. The van der Waals surface area contributed by atoms with Crippen LogP contribution in [0.25, 0.3) is 11.1 Å². The molecule has 0 saturated heterocycles. The van der Waals surface area contributed by atoms with Crippen molar-refractivity contribution in [3.05, 3.63) is 116 Å². The topological polar surface area (TPSA) is 70.9 Å². The smallest absolute Gasteiger partial charge is 0.282 e. The Bertz CT molecular complexity index is 1430. The molecule has 0 saturated carbocycles. The molecule has 2 N–H and O–H groups in total. The van der Waals surface area contributed by atoms with E-state index in [1.807, 2.05) is 77.6 Å². The Morgan fingerprint density at radius 2 is 1.82 bits per heavy atom. The van der Waals surface area contributed by atoms with E-state index in [4.69, 9.17) is 11.6 Å². The Balaban J connectivity index is 1.56. The monoisotopic (exact) mass is 491 g/mol. The third kappa shape index (κ3) is 4.35. The number of hydrogen-bond donors (Lipinski definition) is 2. The van der Waals surface area contributed by atoms with Gasteiger partial charge < -0.3 is 5.11 Å². The zero-order valence-corrected chi connectivity index (χ0v) is 19.6. The van der Waals surface area contributed by atoms with Crippen LogP contribution in [0.3, 0.4) is 0 Å². The van der Waals surface area contributed by atoms with Gasteiger partial charge in [0.1, 0.15) is 10.9 Å². The van der Waals surface area contributed by atoms with E-state index in [0.717, 1.165) is 34.0 Å². The molecule has 33 heavy (non-hydrogen) atoms. The van der Waals surface area contributed by atoms with Crippen molar-refractivity contribution < 1.29 is 5.11 Å². The summed E-state index contributed by atoms with van der Waals surface area (Å²) in [6, 6.07) is 20.8. The van der Waals surface area contributed by atoms with E-state index in [9.17, 15) is 9.90 Å². The SMILES string of the molecule is O=c1[nH]n(C(c2ccc(-c3cccnc3)cc2)c2ccsc2)c(O)c1Sc1ccccc1Cl. The highest BCUT2D eigenvalue weighted by molar-refractivity contribution is 7.99. The number of aromatic amines is 1. The van der Waals surface area contributed by atoms with Crippen LogP contribution in [-0.2, 0) is 0 Å². The second-order valence-electron chi connectivity index (χ2n) is 7.32. The van der Waals surface area contributed by atoms with E-state index in [2.05, 4.69) is 10.1 Å². The molecular formula is C25H18ClN3O2S2. The van der Waals surface area contributed by atoms with Crippen molar-refractivity contribution in [3.8, 4) is 17.0 Å². The molecule has 1 atom stereocenters. The third-order valence-electron chi connectivity index (χ3n) is 5.25. The lowest BCUT2D eigenvalue weighted by Crippen LogP contribution is -2.15. The van der Waals surface area contributed by atoms with Crippen LogP contribution in [0.15, 0.2) is 104 Å². The minimum atomic E-state index is -0.396. The van der Waals surface area contributed by atoms with Gasteiger partial charge >= 0.3 is 0 Å². The van der Waals surface area contributed by atoms with Gasteiger partial charge in [-0.25, -0.2) is 4.68 Å². The number of H-pyrrole nitrogens is 1. The number of hydrogen-bond acceptors (Lipinski definition) is 5. The number of benzene rings is 2. The van der Waals surface area contributed by atoms with Crippen LogP contribution in [0.5, 0.6) is 5.88 Å². The van der Waals surface area contributed by atoms with Gasteiger partial charge in [0.15, 0.2) is 0 Å². The predicted octanol–water partition coefficient (Wildman–Crippen LogP) is 6.45. The maximum Gasteiger partial charge on any atom is 0.282 e. The van der Waals surface area contributed by atoms with Crippen molar-refractivity contribution in [1.29, 1.82) is 0 Å². The summed E-state index contributed by atoms with van der Waals surface area (Å²) >= 11 is 8.97. The minimum Gasteiger partial charge on any atom is -0.493 e. The molecule has 1 unspecified atom stereocenters. The Labute approximate surface area is 203 Å². The molecule has 5 aromatic rings. The Kier molecular flexibility index (Phi) is 6.09. The number of pyridine rings is 1. The molecule has 164 valence electrons. The largest absolute Gasteiger partial charge is 0.493 e. The Hall–Kier alpha value is -3.26. The van der Waals surface area contributed by atoms with Crippen molar-refractivity contribution in [2.45, 2.75) is 15.8 Å². The van der Waals surface area contributed by atoms with E-state index in [-0.39, 0.29) is 16.3 Å². The zero-order valence-electron chi connectivity index (χ0n) is 17.2. The molecule has 0 amide bonds. The first-order valence-electron chi connectivity index (χ1n) is 10.1. The average Bonchev–Trinajstić information content (AvgIpc) is 3.46. The molecule has 0 spiro atoms. The van der Waals surface area contributed by atoms with E-state index in [1.165, 1.54) is 4.68 Å². The molecule has 0 fully saturated rings. The summed E-state index contributed by atoms with van der Waals surface area (Å²) in [5.74, 6) is -0.127. The quantitative estimate of drug-likeness (QED) is 0.286. The van der Waals surface area contributed by atoms with Crippen LogP contribution in [0.2, 0.25) is 5.02 Å². The fourth-order valence-corrected chi connectivity index (χ4v) is 5.44. The fourth-order valence-electron chi connectivity index (χ4n) is 3.65. The molecule has 0 bridgehead atoms. The highest BCUT2D eigenvalue weighted by atomic mass is 35.5. The summed E-state index contributed by atoms with van der Waals surface area (Å²) in [6.07, 6.45) is 3.56. The Morgan fingerprint density at radius 3 is 2.52 bits per heavy atom. The highest BCUT2D eigenvalue weighted by Crippen LogP contribution is 2.39. The normalized spacial score (nSPS) is 12.0. The summed E-state index contributed by atoms with van der Waals surface area (Å²) in [5.41, 5.74) is 3.58. The van der Waals surface area contributed by atoms with Crippen LogP contribution < -0.4 is 5.56 Å². The summed E-state index contributed by atoms with van der Waals surface area (Å²) in [5, 5.41) is 18.4. The fraction of sp³-hybridized carbons (Fsp3) is 0.0400. The van der Waals surface area contributed by atoms with Crippen molar-refractivity contribution in [1.82, 2.24) is 14.8 Å². The highest BCUT2D eigenvalue weighted by Gasteiger charge is 2.25. The standard InChI is InChI=1S/C25H18ClN3O2S2/c26-20-5-1-2-6-21(20)33-23-24(30)28-29(25(23)31)22(19-11-13-32-15-19)17-9-7-16(8-10-17)18-4-3-12-27-14-18/h1-15,22,31H,(H,28,30). The number of aromatic nitrogens is 3. The van der Waals surface area contributed by atoms with Crippen molar-refractivity contribution in [3.63, 3.8) is 0 Å². The average molecular weight is 492 g/mol. The second-order valence-corrected chi connectivity index (χ2v) is 9.56. The molecule has 8 heteroatoms. The van der Waals surface area contributed by atoms with Crippen molar-refractivity contribution >= 4 is 34.7 Å². The summed E-state index contributed by atoms with van der Waals surface area (Å²) < 4.78 is 1.52. The van der Waals surface area contributed by atoms with E-state index in [0.29, 0.717) is 9.92 Å². The van der Waals surface area contributed by atoms with Gasteiger partial charge in [-0.2, -0.15) is 11.3 Å². The lowest BCUT2D eigenvalue weighted by atomic mass is 9.98. The van der Waals surface area contributed by atoms with Gasteiger partial charge in [-0.05, 0) is 57.3 Å². The lowest BCUT2D eigenvalue weighted by molar-refractivity contribution is 0.385. The van der Waals surface area contributed by atoms with E-state index >= 15 is 0 Å². The number of aromatic hydroxyl groups is 1. The van der Waals surface area contributed by atoms with E-state index < -0.39 is 6.04 Å². The second kappa shape index (κ2) is 9.31. The van der Waals surface area contributed by atoms with Crippen LogP contribution in [-0.4, -0.2) is 19.9 Å². The van der Waals surface area contributed by atoms with Crippen LogP contribution >= 0.6 is 34.7 Å². The number of rotatable bonds is 6. The molecule has 5 rings (SSSR count). The Morgan fingerprint density at radius 1 is 1.00 bits per heavy atom. The molecule has 5 nitrogen and oxygen atoms in total. The molecule has 0 radical (unpaired) electrons. The van der Waals surface area contributed by atoms with Crippen LogP contribution in [0.4, 0.5) is 0 Å². The van der Waals surface area contributed by atoms with Crippen molar-refractivity contribution in [2.24, 2.45) is 0 Å². The van der Waals surface area contributed by atoms with Crippen LogP contribution in [0.1, 0.15) is 17.2 Å². The van der Waals surface area contributed by atoms with Crippen molar-refractivity contribution in [2.75, 3.05) is 0 Å². The molecule has 2 aromatic carbocycles. The molecule has 0 aliphatic heterocycles. The lowest BCUT2D eigenvalue weighted by Gasteiger charge is -2.19. The summed E-state index contributed by atoms with van der Waals surface area (Å²) in [6.45, 7) is 0. The van der Waals surface area contributed by atoms with Gasteiger partial charge in [-0.3, -0.25) is 14.9 Å². The number of nitrogens with one attached hydrogen (secondary N) is 1. The molecule has 0 aliphatic carbocycles. The molecule has 3 heterocycles. The zero-order chi connectivity index (χ0) is 22.8. The van der Waals surface area contributed by atoms with E-state index in [1.54, 1.807) is 23.6 Å². The number of halogens is 1. The first kappa shape index (κ1) is 21.6. The van der Waals surface area contributed by atoms with Crippen LogP contribution in [0, 0.1) is 0 Å². The van der Waals surface area contributed by atoms with Gasteiger partial charge in [0.25, 0.3) is 5.56 Å². The molecule has 3 aromatic heterocycles. The molecule has 0 aliphatic rings. The number of nitrogens with zero attached hydrogens (tertiary/aromatic N) is 2. The first-order valence-corrected chi connectivity index (χ1v) is 12.2. The van der Waals surface area contributed by atoms with Gasteiger partial charge in [-0.15, -0.1) is 0 Å². The number of thiophene rings is 1. The maximum atomic E-state index is 12.8. The maximum absolute atomic E-state index is 12.8. The van der Waals surface area contributed by atoms with Gasteiger partial charge in [0.05, 0.1) is 5.02 Å². The predicted molar refractivity (Wildman–Crippen MR) is 134 cm³/mol. The van der Waals surface area contributed by atoms with Gasteiger partial charge in [0.2, 0.25) is 5.88 Å². The first-order chi connectivity index (χ1) is 16.1. The summed E-state index contributed by atoms with van der Waals surface area (Å²) in [4.78, 5) is 17.9. The summed E-state index contributed by atoms with van der Waals surface area (Å²) in [7, 11) is 0. The minimum absolute atomic E-state index is 0.127. The van der Waals surface area contributed by atoms with Gasteiger partial charge in [0, 0.05) is 17.3 Å². The molecular weight excluding hydrogens is 474 g/mol.